The van der Waals surface area contributed by atoms with Gasteiger partial charge in [-0.1, -0.05) is 30.3 Å². The van der Waals surface area contributed by atoms with E-state index < -0.39 is 12.0 Å². The van der Waals surface area contributed by atoms with Crippen LogP contribution in [0.25, 0.3) is 5.57 Å². The zero-order chi connectivity index (χ0) is 8.97. The molecule has 1 aromatic rings. The highest BCUT2D eigenvalue weighted by Crippen LogP contribution is 2.21. The van der Waals surface area contributed by atoms with Gasteiger partial charge in [-0.25, -0.2) is 13.2 Å². The Morgan fingerprint density at radius 1 is 1.17 bits per heavy atom. The van der Waals surface area contributed by atoms with Crippen molar-refractivity contribution in [3.05, 3.63) is 42.2 Å². The van der Waals surface area contributed by atoms with Gasteiger partial charge >= 0.3 is 0 Å². The van der Waals surface area contributed by atoms with Crippen molar-refractivity contribution in [1.82, 2.24) is 0 Å². The van der Waals surface area contributed by atoms with Crippen molar-refractivity contribution in [3.8, 4) is 0 Å². The number of alkyl halides is 2. The number of allylic oxidation sites excluding steroid dienone is 1. The quantitative estimate of drug-likeness (QED) is 0.642. The fourth-order valence-corrected chi connectivity index (χ4v) is 0.867. The first-order valence-electron chi connectivity index (χ1n) is 3.39. The highest BCUT2D eigenvalue weighted by Gasteiger charge is 2.12. The predicted molar refractivity (Wildman–Crippen MR) is 41.5 cm³/mol. The highest BCUT2D eigenvalue weighted by atomic mass is 19.3. The van der Waals surface area contributed by atoms with Gasteiger partial charge in [0.2, 0.25) is 0 Å². The summed E-state index contributed by atoms with van der Waals surface area (Å²) in [6.07, 6.45) is -2.82. The Labute approximate surface area is 68.3 Å². The fraction of sp³-hybridized carbons (Fsp3) is 0.111. The summed E-state index contributed by atoms with van der Waals surface area (Å²) in [5.74, 6) is 0. The fourth-order valence-electron chi connectivity index (χ4n) is 0.867. The van der Waals surface area contributed by atoms with Gasteiger partial charge in [0.05, 0.1) is 11.9 Å². The molecule has 0 aliphatic rings. The van der Waals surface area contributed by atoms with Crippen LogP contribution in [0.15, 0.2) is 36.7 Å². The maximum atomic E-state index is 12.1. The normalized spacial score (nSPS) is 12.2. The molecule has 0 aliphatic heterocycles. The third-order valence-electron chi connectivity index (χ3n) is 1.46. The van der Waals surface area contributed by atoms with E-state index in [-0.39, 0.29) is 11.9 Å². The van der Waals surface area contributed by atoms with Crippen LogP contribution in [0, 0.1) is 0 Å². The molecule has 0 nitrogen and oxygen atoms in total. The Balaban J connectivity index is 2.97. The average molecular weight is 172 g/mol. The number of hydrogen-bond acceptors (Lipinski definition) is 0. The third kappa shape index (κ3) is 1.87. The van der Waals surface area contributed by atoms with E-state index in [2.05, 4.69) is 0 Å². The van der Waals surface area contributed by atoms with Crippen LogP contribution >= 0.6 is 0 Å². The lowest BCUT2D eigenvalue weighted by molar-refractivity contribution is 0.214. The Kier molecular flexibility index (Phi) is 2.91. The zero-order valence-electron chi connectivity index (χ0n) is 6.18. The van der Waals surface area contributed by atoms with E-state index in [4.69, 9.17) is 0 Å². The minimum absolute atomic E-state index is 0.0556. The van der Waals surface area contributed by atoms with Crippen molar-refractivity contribution in [3.63, 3.8) is 0 Å². The second-order valence-electron chi connectivity index (χ2n) is 2.23. The molecule has 1 aromatic carbocycles. The molecule has 12 heavy (non-hydrogen) atoms. The molecule has 0 amide bonds. The van der Waals surface area contributed by atoms with E-state index in [0.717, 1.165) is 0 Å². The van der Waals surface area contributed by atoms with Crippen LogP contribution in [0.2, 0.25) is 0 Å². The lowest BCUT2D eigenvalue weighted by Gasteiger charge is -2.02. The molecule has 0 atom stereocenters. The van der Waals surface area contributed by atoms with E-state index in [9.17, 15) is 13.2 Å². The van der Waals surface area contributed by atoms with Gasteiger partial charge in [-0.05, 0) is 5.56 Å². The maximum absolute atomic E-state index is 12.1. The van der Waals surface area contributed by atoms with E-state index >= 15 is 0 Å². The summed E-state index contributed by atoms with van der Waals surface area (Å²) in [5.41, 5.74) is -0.356. The van der Waals surface area contributed by atoms with Crippen molar-refractivity contribution < 1.29 is 13.2 Å². The summed E-state index contributed by atoms with van der Waals surface area (Å²) >= 11 is 0. The largest absolute Gasteiger partial charge is 0.266 e. The van der Waals surface area contributed by atoms with E-state index in [1.54, 1.807) is 18.2 Å². The minimum atomic E-state index is -2.77. The first-order chi connectivity index (χ1) is 5.75. The van der Waals surface area contributed by atoms with Gasteiger partial charge in [-0.15, -0.1) is 0 Å². The minimum Gasteiger partial charge on any atom is -0.215 e. The van der Waals surface area contributed by atoms with E-state index in [1.165, 1.54) is 12.1 Å². The topological polar surface area (TPSA) is 0 Å². The Morgan fingerprint density at radius 3 is 2.17 bits per heavy atom. The summed E-state index contributed by atoms with van der Waals surface area (Å²) in [5, 5.41) is 0. The van der Waals surface area contributed by atoms with Crippen molar-refractivity contribution >= 4 is 5.57 Å². The molecular weight excluding hydrogens is 165 g/mol. The Bertz CT molecular complexity index is 264. The average Bonchev–Trinajstić information content (AvgIpc) is 2.07. The summed E-state index contributed by atoms with van der Waals surface area (Å²) in [6, 6.07) is 7.74. The van der Waals surface area contributed by atoms with Crippen LogP contribution < -0.4 is 0 Å². The second kappa shape index (κ2) is 3.95. The molecule has 0 radical (unpaired) electrons. The van der Waals surface area contributed by atoms with Gasteiger partial charge in [-0.2, -0.15) is 0 Å². The molecule has 0 aromatic heterocycles. The number of benzene rings is 1. The van der Waals surface area contributed by atoms with E-state index in [1.807, 2.05) is 0 Å². The molecule has 0 N–H and O–H groups in total. The molecule has 64 valence electrons. The Hall–Kier alpha value is -1.25. The van der Waals surface area contributed by atoms with Crippen molar-refractivity contribution in [2.24, 2.45) is 0 Å². The van der Waals surface area contributed by atoms with Crippen LogP contribution in [0.4, 0.5) is 13.2 Å². The maximum Gasteiger partial charge on any atom is 0.266 e. The van der Waals surface area contributed by atoms with Gasteiger partial charge in [0.15, 0.2) is 0 Å². The van der Waals surface area contributed by atoms with Crippen LogP contribution in [0.3, 0.4) is 0 Å². The zero-order valence-corrected chi connectivity index (χ0v) is 6.18. The highest BCUT2D eigenvalue weighted by molar-refractivity contribution is 5.66. The van der Waals surface area contributed by atoms with Crippen LogP contribution in [-0.4, -0.2) is 6.43 Å². The molecule has 0 saturated heterocycles. The van der Waals surface area contributed by atoms with Crippen molar-refractivity contribution in [2.45, 2.75) is 6.43 Å². The molecule has 0 aliphatic carbocycles. The van der Waals surface area contributed by atoms with Gasteiger partial charge in [-0.3, -0.25) is 0 Å². The lowest BCUT2D eigenvalue weighted by Crippen LogP contribution is -1.94. The molecule has 0 fully saturated rings. The standard InChI is InChI=1S/C9H7F3/c10-6-8(9(11)12)7-4-2-1-3-5-7/h1-6,9H. The summed E-state index contributed by atoms with van der Waals surface area (Å²) in [4.78, 5) is 0. The lowest BCUT2D eigenvalue weighted by atomic mass is 10.1. The molecule has 0 unspecified atom stereocenters. The second-order valence-corrected chi connectivity index (χ2v) is 2.23. The third-order valence-corrected chi connectivity index (χ3v) is 1.46. The van der Waals surface area contributed by atoms with Gasteiger partial charge in [0.25, 0.3) is 6.43 Å². The molecule has 0 saturated carbocycles. The van der Waals surface area contributed by atoms with Crippen molar-refractivity contribution in [1.29, 1.82) is 0 Å². The number of rotatable bonds is 2. The molecule has 1 rings (SSSR count). The first kappa shape index (κ1) is 8.84. The summed E-state index contributed by atoms with van der Waals surface area (Å²) in [6.45, 7) is 0. The van der Waals surface area contributed by atoms with Gasteiger partial charge < -0.3 is 0 Å². The van der Waals surface area contributed by atoms with Crippen LogP contribution in [-0.2, 0) is 0 Å². The first-order valence-corrected chi connectivity index (χ1v) is 3.39. The smallest absolute Gasteiger partial charge is 0.215 e. The van der Waals surface area contributed by atoms with Crippen LogP contribution in [0.5, 0.6) is 0 Å². The SMILES string of the molecule is FC=C(c1ccccc1)C(F)F. The van der Waals surface area contributed by atoms with Crippen LogP contribution in [0.1, 0.15) is 5.56 Å². The molecule has 3 heteroatoms. The molecule has 0 bridgehead atoms. The summed E-state index contributed by atoms with van der Waals surface area (Å²) < 4.78 is 36.1. The monoisotopic (exact) mass is 172 g/mol. The predicted octanol–water partition coefficient (Wildman–Crippen LogP) is 3.26. The number of hydrogen-bond donors (Lipinski definition) is 0. The van der Waals surface area contributed by atoms with Gasteiger partial charge in [0, 0.05) is 0 Å². The molecule has 0 spiro atoms. The van der Waals surface area contributed by atoms with Gasteiger partial charge in [0.1, 0.15) is 0 Å². The summed E-state index contributed by atoms with van der Waals surface area (Å²) in [7, 11) is 0. The van der Waals surface area contributed by atoms with E-state index in [0.29, 0.717) is 0 Å². The Morgan fingerprint density at radius 2 is 1.75 bits per heavy atom. The van der Waals surface area contributed by atoms with Crippen molar-refractivity contribution in [2.75, 3.05) is 0 Å². The molecule has 0 heterocycles. The molecular formula is C9H7F3. The number of halogens is 3.